The lowest BCUT2D eigenvalue weighted by Crippen LogP contribution is -2.18. The summed E-state index contributed by atoms with van der Waals surface area (Å²) in [7, 11) is 1.61. The normalized spacial score (nSPS) is 33.3. The summed E-state index contributed by atoms with van der Waals surface area (Å²) in [4.78, 5) is 0. The monoisotopic (exact) mass is 460 g/mol. The van der Waals surface area contributed by atoms with Gasteiger partial charge in [-0.1, -0.05) is 37.6 Å². The molecule has 2 fully saturated rings. The van der Waals surface area contributed by atoms with Crippen LogP contribution >= 0.6 is 0 Å². The molecule has 4 heteroatoms. The number of halogens is 3. The van der Waals surface area contributed by atoms with Crippen LogP contribution in [0.1, 0.15) is 101 Å². The molecular formula is C29H39F3O. The van der Waals surface area contributed by atoms with E-state index in [0.29, 0.717) is 17.0 Å². The van der Waals surface area contributed by atoms with Gasteiger partial charge in [0.15, 0.2) is 11.6 Å². The second-order valence-corrected chi connectivity index (χ2v) is 10.5. The minimum atomic E-state index is -0.619. The molecule has 0 saturated heterocycles. The van der Waals surface area contributed by atoms with Crippen molar-refractivity contribution < 1.29 is 17.9 Å². The van der Waals surface area contributed by atoms with Crippen molar-refractivity contribution in [1.29, 1.82) is 0 Å². The van der Waals surface area contributed by atoms with Crippen LogP contribution in [0.15, 0.2) is 36.2 Å². The molecule has 0 N–H and O–H groups in total. The molecule has 33 heavy (non-hydrogen) atoms. The minimum Gasteiger partial charge on any atom is -0.377 e. The number of benzene rings is 1. The summed E-state index contributed by atoms with van der Waals surface area (Å²) in [6, 6.07) is 3.72. The second kappa shape index (κ2) is 11.3. The van der Waals surface area contributed by atoms with Crippen LogP contribution in [0, 0.1) is 29.4 Å². The van der Waals surface area contributed by atoms with E-state index in [-0.39, 0.29) is 29.7 Å². The fraction of sp³-hybridized carbons (Fsp3) is 0.655. The first-order chi connectivity index (χ1) is 16.0. The van der Waals surface area contributed by atoms with Crippen molar-refractivity contribution in [3.05, 3.63) is 58.9 Å². The molecular weight excluding hydrogens is 421 g/mol. The van der Waals surface area contributed by atoms with Gasteiger partial charge in [0.05, 0.1) is 6.10 Å². The molecule has 0 aliphatic heterocycles. The van der Waals surface area contributed by atoms with Crippen LogP contribution in [0.2, 0.25) is 0 Å². The molecule has 1 nitrogen and oxygen atoms in total. The summed E-state index contributed by atoms with van der Waals surface area (Å²) in [6.07, 6.45) is 16.2. The molecule has 3 aliphatic carbocycles. The second-order valence-electron chi connectivity index (χ2n) is 10.5. The molecule has 2 unspecified atom stereocenters. The van der Waals surface area contributed by atoms with E-state index in [2.05, 4.69) is 13.0 Å². The maximum atomic E-state index is 15.1. The van der Waals surface area contributed by atoms with Crippen LogP contribution in [0.5, 0.6) is 0 Å². The Bertz CT molecular complexity index is 845. The summed E-state index contributed by atoms with van der Waals surface area (Å²) < 4.78 is 49.6. The lowest BCUT2D eigenvalue weighted by molar-refractivity contribution is 0.119. The Labute approximate surface area is 197 Å². The first-order valence-electron chi connectivity index (χ1n) is 13.1. The van der Waals surface area contributed by atoms with Gasteiger partial charge >= 0.3 is 0 Å². The van der Waals surface area contributed by atoms with E-state index >= 15 is 8.78 Å². The van der Waals surface area contributed by atoms with Gasteiger partial charge in [-0.25, -0.2) is 13.2 Å². The number of rotatable bonds is 6. The van der Waals surface area contributed by atoms with E-state index in [9.17, 15) is 4.39 Å². The highest BCUT2D eigenvalue weighted by atomic mass is 19.2. The predicted molar refractivity (Wildman–Crippen MR) is 128 cm³/mol. The molecule has 0 aromatic heterocycles. The molecule has 0 bridgehead atoms. The maximum Gasteiger partial charge on any atom is 0.162 e. The van der Waals surface area contributed by atoms with Crippen molar-refractivity contribution in [2.75, 3.05) is 7.11 Å². The van der Waals surface area contributed by atoms with Crippen LogP contribution < -0.4 is 0 Å². The summed E-state index contributed by atoms with van der Waals surface area (Å²) in [5.41, 5.74) is 1.13. The molecule has 2 saturated carbocycles. The van der Waals surface area contributed by atoms with Crippen LogP contribution in [0.25, 0.3) is 0 Å². The first-order valence-corrected chi connectivity index (χ1v) is 13.1. The van der Waals surface area contributed by atoms with Gasteiger partial charge in [0, 0.05) is 13.0 Å². The Morgan fingerprint density at radius 1 is 0.788 bits per heavy atom. The molecule has 4 rings (SSSR count). The highest BCUT2D eigenvalue weighted by Crippen LogP contribution is 2.42. The predicted octanol–water partition coefficient (Wildman–Crippen LogP) is 8.76. The molecule has 182 valence electrons. The molecule has 0 radical (unpaired) electrons. The van der Waals surface area contributed by atoms with Crippen molar-refractivity contribution in [3.63, 3.8) is 0 Å². The third kappa shape index (κ3) is 5.75. The van der Waals surface area contributed by atoms with Crippen molar-refractivity contribution in [3.8, 4) is 0 Å². The fourth-order valence-electron chi connectivity index (χ4n) is 6.25. The van der Waals surface area contributed by atoms with Crippen molar-refractivity contribution in [1.82, 2.24) is 0 Å². The summed E-state index contributed by atoms with van der Waals surface area (Å²) >= 11 is 0. The highest BCUT2D eigenvalue weighted by Gasteiger charge is 2.29. The van der Waals surface area contributed by atoms with Crippen molar-refractivity contribution in [2.24, 2.45) is 17.8 Å². The number of methoxy groups -OCH3 is 1. The molecule has 1 aromatic rings. The van der Waals surface area contributed by atoms with Gasteiger partial charge in [0.2, 0.25) is 0 Å². The Morgan fingerprint density at radius 3 is 1.88 bits per heavy atom. The largest absolute Gasteiger partial charge is 0.377 e. The Balaban J connectivity index is 1.34. The lowest BCUT2D eigenvalue weighted by atomic mass is 9.75. The third-order valence-electron chi connectivity index (χ3n) is 8.60. The van der Waals surface area contributed by atoms with Gasteiger partial charge in [-0.05, 0) is 105 Å². The van der Waals surface area contributed by atoms with E-state index in [1.54, 1.807) is 13.2 Å². The quantitative estimate of drug-likeness (QED) is 0.386. The van der Waals surface area contributed by atoms with E-state index in [1.807, 2.05) is 18.2 Å². The smallest absolute Gasteiger partial charge is 0.162 e. The minimum absolute atomic E-state index is 0.0720. The van der Waals surface area contributed by atoms with Crippen LogP contribution in [-0.4, -0.2) is 13.2 Å². The van der Waals surface area contributed by atoms with Gasteiger partial charge < -0.3 is 4.74 Å². The molecule has 0 heterocycles. The van der Waals surface area contributed by atoms with Gasteiger partial charge in [-0.15, -0.1) is 0 Å². The van der Waals surface area contributed by atoms with Gasteiger partial charge in [0.1, 0.15) is 5.83 Å². The topological polar surface area (TPSA) is 9.23 Å². The van der Waals surface area contributed by atoms with Gasteiger partial charge in [-0.3, -0.25) is 0 Å². The molecule has 0 spiro atoms. The molecule has 3 aliphatic rings. The van der Waals surface area contributed by atoms with Crippen molar-refractivity contribution >= 4 is 0 Å². The Hall–Kier alpha value is -1.55. The Kier molecular flexibility index (Phi) is 8.38. The number of hydrogen-bond acceptors (Lipinski definition) is 1. The zero-order valence-electron chi connectivity index (χ0n) is 20.2. The zero-order valence-corrected chi connectivity index (χ0v) is 20.2. The van der Waals surface area contributed by atoms with Crippen LogP contribution in [-0.2, 0) is 4.74 Å². The summed E-state index contributed by atoms with van der Waals surface area (Å²) in [5.74, 6) is -0.122. The maximum absolute atomic E-state index is 15.1. The SMILES string of the molecule is CCC1CCC(c2ccc(C3CCC(/C=C/C4CCC(OC)C=C4F)CC3)c(F)c2F)CC1. The molecule has 2 atom stereocenters. The highest BCUT2D eigenvalue weighted by molar-refractivity contribution is 5.32. The summed E-state index contributed by atoms with van der Waals surface area (Å²) in [6.45, 7) is 2.22. The van der Waals surface area contributed by atoms with Gasteiger partial charge in [-0.2, -0.15) is 0 Å². The lowest BCUT2D eigenvalue weighted by Gasteiger charge is -2.30. The summed E-state index contributed by atoms with van der Waals surface area (Å²) in [5, 5.41) is 0. The van der Waals surface area contributed by atoms with Crippen LogP contribution in [0.4, 0.5) is 13.2 Å². The average molecular weight is 461 g/mol. The fourth-order valence-corrected chi connectivity index (χ4v) is 6.25. The number of allylic oxidation sites excluding steroid dienone is 3. The van der Waals surface area contributed by atoms with E-state index in [1.165, 1.54) is 6.42 Å². The van der Waals surface area contributed by atoms with E-state index in [4.69, 9.17) is 4.74 Å². The van der Waals surface area contributed by atoms with E-state index < -0.39 is 11.6 Å². The van der Waals surface area contributed by atoms with Gasteiger partial charge in [0.25, 0.3) is 0 Å². The first kappa shape index (κ1) is 24.6. The average Bonchev–Trinajstić information content (AvgIpc) is 2.85. The molecule has 1 aromatic carbocycles. The third-order valence-corrected chi connectivity index (χ3v) is 8.60. The molecule has 0 amide bonds. The van der Waals surface area contributed by atoms with Crippen LogP contribution in [0.3, 0.4) is 0 Å². The number of hydrogen-bond donors (Lipinski definition) is 0. The zero-order chi connectivity index (χ0) is 23.4. The van der Waals surface area contributed by atoms with Crippen molar-refractivity contribution in [2.45, 2.75) is 95.5 Å². The number of ether oxygens (including phenoxy) is 1. The van der Waals surface area contributed by atoms with E-state index in [0.717, 1.165) is 70.1 Å². The Morgan fingerprint density at radius 2 is 1.36 bits per heavy atom. The standard InChI is InChI=1S/C29H39F3O/c1-3-19-4-9-21(10-5-19)25-16-17-26(29(32)28(25)31)22-11-6-20(7-12-22)8-13-23-14-15-24(33-2)18-27(23)30/h8,13,16-24H,3-7,9-12,14-15H2,1-2H3/b13-8+.